The third-order valence-corrected chi connectivity index (χ3v) is 18.9. The number of thiazole rings is 3. The molecule has 4 atom stereocenters. The number of fused-ring (bicyclic) bond motifs is 2. The molecule has 0 bridgehead atoms. The number of β-amino-alcohol motifs (C(OH)–C–C–N with tert-alkyl or cyclic N) is 1. The van der Waals surface area contributed by atoms with Gasteiger partial charge in [0.15, 0.2) is 27.5 Å². The number of ether oxygens (including phenoxy) is 1. The number of aromatic nitrogens is 3. The molecule has 1 fully saturated rings. The minimum absolute atomic E-state index is 0.0168. The van der Waals surface area contributed by atoms with Crippen LogP contribution < -0.4 is 25.6 Å². The second kappa shape index (κ2) is 29.3. The lowest BCUT2D eigenvalue weighted by molar-refractivity contribution is -0.144. The molecule has 0 aliphatic carbocycles. The minimum Gasteiger partial charge on any atom is -0.491 e. The molecule has 7 aromatic rings. The van der Waals surface area contributed by atoms with Crippen molar-refractivity contribution in [1.29, 1.82) is 0 Å². The fraction of sp³-hybridized carbons (Fsp3) is 0.409. The van der Waals surface area contributed by atoms with Crippen LogP contribution in [0.2, 0.25) is 0 Å². The van der Waals surface area contributed by atoms with Crippen LogP contribution in [0.1, 0.15) is 145 Å². The molecule has 0 saturated carbocycles. The van der Waals surface area contributed by atoms with Crippen molar-refractivity contribution in [3.05, 3.63) is 140 Å². The van der Waals surface area contributed by atoms with Gasteiger partial charge in [-0.2, -0.15) is 0 Å². The summed E-state index contributed by atoms with van der Waals surface area (Å²) in [6.07, 6.45) is 4.70. The number of nitrogens with one attached hydrogen (secondary N) is 3. The Morgan fingerprint density at radius 3 is 2.40 bits per heavy atom. The van der Waals surface area contributed by atoms with E-state index in [4.69, 9.17) is 4.74 Å². The predicted octanol–water partition coefficient (Wildman–Crippen LogP) is 10.8. The Labute approximate surface area is 524 Å². The highest BCUT2D eigenvalue weighted by Crippen LogP contribution is 2.35. The molecule has 1 saturated heterocycles. The lowest BCUT2D eigenvalue weighted by atomic mass is 9.85. The van der Waals surface area contributed by atoms with Crippen LogP contribution in [-0.2, 0) is 38.6 Å². The lowest BCUT2D eigenvalue weighted by Gasteiger charge is -2.35. The number of aliphatic hydroxyl groups excluding tert-OH is 1. The van der Waals surface area contributed by atoms with Gasteiger partial charge in [0, 0.05) is 61.9 Å². The number of aromatic carboxylic acids is 1. The van der Waals surface area contributed by atoms with Crippen molar-refractivity contribution in [3.8, 4) is 28.0 Å². The van der Waals surface area contributed by atoms with Crippen molar-refractivity contribution in [3.63, 3.8) is 0 Å². The molecule has 5 N–H and O–H groups in total. The maximum atomic E-state index is 15.2. The number of nitrogens with zero attached hydrogens (tertiary/aromatic N) is 6. The van der Waals surface area contributed by atoms with Gasteiger partial charge in [0.1, 0.15) is 12.1 Å². The summed E-state index contributed by atoms with van der Waals surface area (Å²) in [5.74, 6) is 2.74. The number of amides is 5. The minimum atomic E-state index is -1.15. The van der Waals surface area contributed by atoms with Gasteiger partial charge in [-0.05, 0) is 110 Å². The Kier molecular flexibility index (Phi) is 21.4. The first-order chi connectivity index (χ1) is 42.2. The molecule has 4 aromatic carbocycles. The highest BCUT2D eigenvalue weighted by molar-refractivity contribution is 7.22. The van der Waals surface area contributed by atoms with Gasteiger partial charge in [0.05, 0.1) is 51.6 Å². The van der Waals surface area contributed by atoms with E-state index in [1.54, 1.807) is 30.5 Å². The van der Waals surface area contributed by atoms with E-state index >= 15 is 4.39 Å². The topological polar surface area (TPSA) is 237 Å². The number of aryl methyl sites for hydroxylation is 2. The van der Waals surface area contributed by atoms with E-state index < -0.39 is 41.3 Å². The van der Waals surface area contributed by atoms with E-state index in [9.17, 15) is 39.0 Å². The third-order valence-electron chi connectivity index (χ3n) is 15.8. The second-order valence-electron chi connectivity index (χ2n) is 23.4. The molecule has 88 heavy (non-hydrogen) atoms. The average Bonchev–Trinajstić information content (AvgIpc) is 2.20. The summed E-state index contributed by atoms with van der Waals surface area (Å²) in [5.41, 5.74) is 7.61. The maximum absolute atomic E-state index is 15.2. The van der Waals surface area contributed by atoms with E-state index in [0.717, 1.165) is 62.3 Å². The number of aliphatic hydroxyl groups is 1. The summed E-state index contributed by atoms with van der Waals surface area (Å²) in [4.78, 5) is 100.0. The van der Waals surface area contributed by atoms with Crippen LogP contribution in [0.4, 0.5) is 14.7 Å². The SMILES string of the molecule is Cc1ncsc1-c1ccc([C@H](C)NC(=O)[C@@H]2C[C@@H](O)CN2C(=O)[C@@H](NC(=O)CCCCCCCC(=O)N(C)CC#Cc2ccc(OCCCc3sc(N4CCc5cccc(C(=O)Nc6nc7ccccc7s6)c5C4)nc3C(=O)O)c(F)c2)C(C)(C)C)cc1. The third kappa shape index (κ3) is 16.3. The molecule has 0 unspecified atom stereocenters. The van der Waals surface area contributed by atoms with E-state index in [1.807, 2.05) is 106 Å². The fourth-order valence-electron chi connectivity index (χ4n) is 10.8. The number of para-hydroxylation sites is 1. The zero-order valence-electron chi connectivity index (χ0n) is 50.3. The number of carbonyl (C=O) groups excluding carboxylic acids is 5. The van der Waals surface area contributed by atoms with Crippen molar-refractivity contribution in [2.45, 2.75) is 136 Å². The molecule has 5 amide bonds. The Balaban J connectivity index is 0.657. The van der Waals surface area contributed by atoms with Crippen LogP contribution >= 0.6 is 34.0 Å². The van der Waals surface area contributed by atoms with Crippen molar-refractivity contribution in [1.82, 2.24) is 35.4 Å². The Morgan fingerprint density at radius 1 is 0.909 bits per heavy atom. The fourth-order valence-corrected chi connectivity index (χ4v) is 13.6. The highest BCUT2D eigenvalue weighted by Gasteiger charge is 2.45. The van der Waals surface area contributed by atoms with Crippen molar-refractivity contribution in [2.24, 2.45) is 5.41 Å². The number of hydrogen-bond donors (Lipinski definition) is 5. The number of likely N-dealkylation sites (tertiary alicyclic amines) is 1. The van der Waals surface area contributed by atoms with Gasteiger partial charge >= 0.3 is 5.97 Å². The number of carboxylic acid groups (broad SMARTS) is 1. The van der Waals surface area contributed by atoms with E-state index in [0.29, 0.717) is 77.9 Å². The van der Waals surface area contributed by atoms with Crippen LogP contribution in [0.5, 0.6) is 5.75 Å². The molecule has 18 nitrogen and oxygen atoms in total. The predicted molar refractivity (Wildman–Crippen MR) is 341 cm³/mol. The van der Waals surface area contributed by atoms with Crippen LogP contribution in [0.25, 0.3) is 20.7 Å². The number of rotatable bonds is 24. The molecule has 9 rings (SSSR count). The normalized spacial score (nSPS) is 15.4. The first-order valence-corrected chi connectivity index (χ1v) is 32.2. The first-order valence-electron chi connectivity index (χ1n) is 29.7. The number of halogens is 1. The smallest absolute Gasteiger partial charge is 0.355 e. The summed E-state index contributed by atoms with van der Waals surface area (Å²) < 4.78 is 22.0. The zero-order chi connectivity index (χ0) is 62.6. The quantitative estimate of drug-likeness (QED) is 0.0280. The largest absolute Gasteiger partial charge is 0.491 e. The summed E-state index contributed by atoms with van der Waals surface area (Å²) in [5, 5.41) is 30.8. The molecule has 3 aromatic heterocycles. The van der Waals surface area contributed by atoms with Gasteiger partial charge in [0.25, 0.3) is 5.91 Å². The number of carboxylic acids is 1. The maximum Gasteiger partial charge on any atom is 0.355 e. The van der Waals surface area contributed by atoms with Gasteiger partial charge in [-0.1, -0.05) is 112 Å². The number of carbonyl (C=O) groups is 6. The van der Waals surface area contributed by atoms with Crippen molar-refractivity contribution < 1.29 is 48.1 Å². The lowest BCUT2D eigenvalue weighted by Crippen LogP contribution is -2.57. The number of unbranched alkanes of at least 4 members (excludes halogenated alkanes) is 4. The molecule has 0 spiro atoms. The van der Waals surface area contributed by atoms with Crippen LogP contribution in [-0.4, -0.2) is 122 Å². The molecule has 5 heterocycles. The summed E-state index contributed by atoms with van der Waals surface area (Å²) in [7, 11) is 1.67. The van der Waals surface area contributed by atoms with E-state index in [1.165, 1.54) is 44.6 Å². The Bertz CT molecular complexity index is 3700. The molecule has 0 radical (unpaired) electrons. The number of benzene rings is 4. The molecular weight excluding hydrogens is 1180 g/mol. The zero-order valence-corrected chi connectivity index (χ0v) is 52.8. The van der Waals surface area contributed by atoms with Gasteiger partial charge in [-0.25, -0.2) is 24.1 Å². The van der Waals surface area contributed by atoms with Crippen molar-refractivity contribution >= 4 is 90.0 Å². The van der Waals surface area contributed by atoms with Crippen LogP contribution in [0.3, 0.4) is 0 Å². The van der Waals surface area contributed by atoms with Gasteiger partial charge in [-0.3, -0.25) is 29.3 Å². The summed E-state index contributed by atoms with van der Waals surface area (Å²) in [6, 6.07) is 23.5. The van der Waals surface area contributed by atoms with Gasteiger partial charge in [-0.15, -0.1) is 22.7 Å². The molecule has 2 aliphatic rings. The van der Waals surface area contributed by atoms with Gasteiger partial charge < -0.3 is 40.3 Å². The van der Waals surface area contributed by atoms with Gasteiger partial charge in [0.2, 0.25) is 23.6 Å². The number of anilines is 2. The molecule has 2 aliphatic heterocycles. The summed E-state index contributed by atoms with van der Waals surface area (Å²) in [6.45, 7) is 10.6. The second-order valence-corrected chi connectivity index (χ2v) is 26.4. The first kappa shape index (κ1) is 64.4. The van der Waals surface area contributed by atoms with E-state index in [-0.39, 0.29) is 73.7 Å². The number of hydrogen-bond acceptors (Lipinski definition) is 15. The monoisotopic (exact) mass is 1250 g/mol. The molecule has 22 heteroatoms. The summed E-state index contributed by atoms with van der Waals surface area (Å²) >= 11 is 4.26. The standard InChI is InChI=1S/C66H74FN9O9S3/c1-40(43-26-28-45(29-27-43)58-41(2)68-39-86-58)69-61(81)51-36-46(77)37-76(51)62(82)59(66(3,4)5)71-55(78)23-10-8-7-9-11-24-56(79)74(6)32-15-17-42-25-30-52(49(67)35-42)85-34-16-22-54-57(63(83)84)72-65(88-54)75-33-31-44-18-14-19-47(48(44)38-75)60(80)73-64-70-50-20-12-13-21-53(50)87-64/h12-14,18-21,25-30,35,39-40,46,51,59,77H,7-11,16,22-24,31-34,36-38H2,1-6H3,(H,69,81)(H,71,78)(H,83,84)(H,70,73,80)/t40-,46+,51-,59+/m0/s1. The molecular formula is C66H74FN9O9S3. The molecule has 462 valence electrons. The highest BCUT2D eigenvalue weighted by atomic mass is 32.1. The Hall–Kier alpha value is -8.10. The Morgan fingerprint density at radius 2 is 1.67 bits per heavy atom. The van der Waals surface area contributed by atoms with Crippen molar-refractivity contribution in [2.75, 3.05) is 43.5 Å². The van der Waals surface area contributed by atoms with Crippen LogP contribution in [0, 0.1) is 30.0 Å². The van der Waals surface area contributed by atoms with Crippen LogP contribution in [0.15, 0.2) is 90.4 Å². The average molecular weight is 1250 g/mol. The van der Waals surface area contributed by atoms with E-state index in [2.05, 4.69) is 42.7 Å².